The molecular weight excluding hydrogens is 578 g/mol. The van der Waals surface area contributed by atoms with Gasteiger partial charge in [0.2, 0.25) is 0 Å². The highest BCUT2D eigenvalue weighted by molar-refractivity contribution is 9.10. The second-order valence-corrected chi connectivity index (χ2v) is 9.96. The SMILES string of the molecule is CCOc1cc(/C=C2/SC(=Nc3ccc(F)cc3)NC2=O)cc(Br)c1OCc1ccc(Cl)c(Cl)c1. The number of halogens is 4. The quantitative estimate of drug-likeness (QED) is 0.284. The molecule has 1 aliphatic rings. The van der Waals surface area contributed by atoms with Crippen LogP contribution in [0, 0.1) is 5.82 Å². The number of thioether (sulfide) groups is 1. The van der Waals surface area contributed by atoms with Crippen LogP contribution < -0.4 is 14.8 Å². The van der Waals surface area contributed by atoms with Crippen LogP contribution in [-0.4, -0.2) is 17.7 Å². The average molecular weight is 596 g/mol. The van der Waals surface area contributed by atoms with Gasteiger partial charge in [-0.2, -0.15) is 0 Å². The zero-order valence-electron chi connectivity index (χ0n) is 18.3. The molecule has 3 aromatic rings. The van der Waals surface area contributed by atoms with E-state index < -0.39 is 0 Å². The molecule has 1 fully saturated rings. The van der Waals surface area contributed by atoms with Gasteiger partial charge in [0.15, 0.2) is 16.7 Å². The Hall–Kier alpha value is -2.52. The van der Waals surface area contributed by atoms with Gasteiger partial charge in [-0.05, 0) is 100 Å². The number of carbonyl (C=O) groups excluding carboxylic acids is 1. The molecule has 0 bridgehead atoms. The number of amidine groups is 1. The molecule has 5 nitrogen and oxygen atoms in total. The van der Waals surface area contributed by atoms with Crippen LogP contribution in [0.4, 0.5) is 10.1 Å². The molecule has 0 unspecified atom stereocenters. The number of ether oxygens (including phenoxy) is 2. The van der Waals surface area contributed by atoms with Gasteiger partial charge >= 0.3 is 0 Å². The lowest BCUT2D eigenvalue weighted by atomic mass is 10.1. The lowest BCUT2D eigenvalue weighted by Gasteiger charge is -2.15. The van der Waals surface area contributed by atoms with E-state index in [0.717, 1.165) is 11.1 Å². The van der Waals surface area contributed by atoms with Crippen molar-refractivity contribution in [2.75, 3.05) is 6.61 Å². The van der Waals surface area contributed by atoms with Gasteiger partial charge in [-0.3, -0.25) is 4.79 Å². The van der Waals surface area contributed by atoms with Crippen molar-refractivity contribution in [3.05, 3.63) is 91.0 Å². The third-order valence-corrected chi connectivity index (χ3v) is 6.94. The maximum Gasteiger partial charge on any atom is 0.264 e. The van der Waals surface area contributed by atoms with Crippen LogP contribution in [0.1, 0.15) is 18.1 Å². The van der Waals surface area contributed by atoms with Crippen molar-refractivity contribution < 1.29 is 18.7 Å². The molecule has 1 saturated heterocycles. The van der Waals surface area contributed by atoms with E-state index in [2.05, 4.69) is 26.2 Å². The summed E-state index contributed by atoms with van der Waals surface area (Å²) in [5.41, 5.74) is 2.13. The van der Waals surface area contributed by atoms with Gasteiger partial charge in [-0.25, -0.2) is 9.38 Å². The molecule has 1 N–H and O–H groups in total. The fourth-order valence-corrected chi connectivity index (χ4v) is 4.86. The third-order valence-electron chi connectivity index (χ3n) is 4.70. The summed E-state index contributed by atoms with van der Waals surface area (Å²) in [6, 6.07) is 14.6. The van der Waals surface area contributed by atoms with Gasteiger partial charge in [0.1, 0.15) is 12.4 Å². The van der Waals surface area contributed by atoms with Gasteiger partial charge < -0.3 is 14.8 Å². The van der Waals surface area contributed by atoms with Crippen molar-refractivity contribution in [1.82, 2.24) is 5.32 Å². The predicted octanol–water partition coefficient (Wildman–Crippen LogP) is 7.76. The van der Waals surface area contributed by atoms with Crippen molar-refractivity contribution in [3.8, 4) is 11.5 Å². The number of nitrogens with one attached hydrogen (secondary N) is 1. The summed E-state index contributed by atoms with van der Waals surface area (Å²) < 4.78 is 25.6. The zero-order valence-corrected chi connectivity index (χ0v) is 22.2. The molecule has 0 aromatic heterocycles. The molecule has 0 atom stereocenters. The summed E-state index contributed by atoms with van der Waals surface area (Å²) in [5.74, 6) is 0.433. The number of hydrogen-bond acceptors (Lipinski definition) is 5. The Labute approximate surface area is 224 Å². The van der Waals surface area contributed by atoms with Crippen molar-refractivity contribution in [3.63, 3.8) is 0 Å². The first kappa shape index (κ1) is 25.6. The Morgan fingerprint density at radius 2 is 1.86 bits per heavy atom. The van der Waals surface area contributed by atoms with Crippen LogP contribution in [0.15, 0.2) is 69.0 Å². The number of nitrogens with zero attached hydrogens (tertiary/aromatic N) is 1. The molecule has 0 aliphatic carbocycles. The van der Waals surface area contributed by atoms with Gasteiger partial charge in [-0.1, -0.05) is 29.3 Å². The van der Waals surface area contributed by atoms with Crippen molar-refractivity contribution in [2.45, 2.75) is 13.5 Å². The molecule has 1 heterocycles. The van der Waals surface area contributed by atoms with Crippen LogP contribution in [0.2, 0.25) is 10.0 Å². The van der Waals surface area contributed by atoms with E-state index >= 15 is 0 Å². The van der Waals surface area contributed by atoms with E-state index in [1.54, 1.807) is 36.4 Å². The average Bonchev–Trinajstić information content (AvgIpc) is 3.15. The maximum atomic E-state index is 13.1. The second-order valence-electron chi connectivity index (χ2n) is 7.26. The van der Waals surface area contributed by atoms with E-state index in [-0.39, 0.29) is 18.3 Å². The summed E-state index contributed by atoms with van der Waals surface area (Å²) in [4.78, 5) is 17.3. The number of aliphatic imine (C=N–C) groups is 1. The van der Waals surface area contributed by atoms with Gasteiger partial charge in [0.25, 0.3) is 5.91 Å². The van der Waals surface area contributed by atoms with Crippen molar-refractivity contribution in [1.29, 1.82) is 0 Å². The summed E-state index contributed by atoms with van der Waals surface area (Å²) >= 11 is 16.8. The van der Waals surface area contributed by atoms with Gasteiger partial charge in [0.05, 0.1) is 31.7 Å². The molecule has 1 amide bonds. The molecule has 3 aromatic carbocycles. The van der Waals surface area contributed by atoms with Gasteiger partial charge in [-0.15, -0.1) is 0 Å². The highest BCUT2D eigenvalue weighted by atomic mass is 79.9. The standard InChI is InChI=1S/C25H18BrCl2FN2O3S/c1-2-33-21-11-15(9-18(26)23(21)34-13-14-3-8-19(27)20(28)10-14)12-22-24(32)31-25(35-22)30-17-6-4-16(29)5-7-17/h3-12H,2,13H2,1H3,(H,30,31,32)/b22-12+. The van der Waals surface area contributed by atoms with Crippen LogP contribution in [0.5, 0.6) is 11.5 Å². The molecule has 0 spiro atoms. The number of amides is 1. The molecule has 0 saturated carbocycles. The third kappa shape index (κ3) is 6.58. The van der Waals surface area contributed by atoms with Crippen molar-refractivity contribution in [2.24, 2.45) is 4.99 Å². The predicted molar refractivity (Wildman–Crippen MR) is 143 cm³/mol. The second kappa shape index (κ2) is 11.5. The minimum Gasteiger partial charge on any atom is -0.490 e. The zero-order chi connectivity index (χ0) is 24.9. The number of rotatable bonds is 7. The molecule has 1 aliphatic heterocycles. The van der Waals surface area contributed by atoms with Crippen LogP contribution >= 0.6 is 50.9 Å². The maximum absolute atomic E-state index is 13.1. The first-order valence-electron chi connectivity index (χ1n) is 10.4. The fourth-order valence-electron chi connectivity index (χ4n) is 3.12. The molecule has 35 heavy (non-hydrogen) atoms. The molecule has 0 radical (unpaired) electrons. The Balaban J connectivity index is 1.55. The monoisotopic (exact) mass is 594 g/mol. The van der Waals surface area contributed by atoms with Gasteiger partial charge in [0, 0.05) is 0 Å². The number of carbonyl (C=O) groups is 1. The Bertz CT molecular complexity index is 1330. The first-order valence-corrected chi connectivity index (χ1v) is 12.8. The van der Waals surface area contributed by atoms with E-state index in [1.165, 1.54) is 23.9 Å². The van der Waals surface area contributed by atoms with Crippen LogP contribution in [0.3, 0.4) is 0 Å². The summed E-state index contributed by atoms with van der Waals surface area (Å²) in [5, 5.41) is 4.07. The van der Waals surface area contributed by atoms with Crippen LogP contribution in [-0.2, 0) is 11.4 Å². The normalized spacial score (nSPS) is 15.5. The Morgan fingerprint density at radius 1 is 1.09 bits per heavy atom. The summed E-state index contributed by atoms with van der Waals surface area (Å²) in [7, 11) is 0. The molecular formula is C25H18BrCl2FN2O3S. The molecule has 4 rings (SSSR count). The number of benzene rings is 3. The lowest BCUT2D eigenvalue weighted by Crippen LogP contribution is -2.19. The fraction of sp³-hybridized carbons (Fsp3) is 0.120. The summed E-state index contributed by atoms with van der Waals surface area (Å²) in [6.07, 6.45) is 1.74. The van der Waals surface area contributed by atoms with Crippen molar-refractivity contribution >= 4 is 73.7 Å². The van der Waals surface area contributed by atoms with Crippen LogP contribution in [0.25, 0.3) is 6.08 Å². The smallest absolute Gasteiger partial charge is 0.264 e. The highest BCUT2D eigenvalue weighted by Crippen LogP contribution is 2.39. The Kier molecular flexibility index (Phi) is 8.38. The minimum atomic E-state index is -0.349. The highest BCUT2D eigenvalue weighted by Gasteiger charge is 2.24. The molecule has 10 heteroatoms. The van der Waals surface area contributed by atoms with E-state index in [9.17, 15) is 9.18 Å². The minimum absolute atomic E-state index is 0.261. The van der Waals surface area contributed by atoms with E-state index in [4.69, 9.17) is 32.7 Å². The topological polar surface area (TPSA) is 59.9 Å². The largest absolute Gasteiger partial charge is 0.490 e. The lowest BCUT2D eigenvalue weighted by molar-refractivity contribution is -0.115. The molecule has 180 valence electrons. The van der Waals surface area contributed by atoms with E-state index in [0.29, 0.717) is 48.4 Å². The summed E-state index contributed by atoms with van der Waals surface area (Å²) in [6.45, 7) is 2.57. The Morgan fingerprint density at radius 3 is 2.57 bits per heavy atom. The number of hydrogen-bond donors (Lipinski definition) is 1. The van der Waals surface area contributed by atoms with E-state index in [1.807, 2.05) is 19.1 Å². The first-order chi connectivity index (χ1) is 16.8.